The van der Waals surface area contributed by atoms with E-state index in [0.717, 1.165) is 37.3 Å². The van der Waals surface area contributed by atoms with Gasteiger partial charge in [0, 0.05) is 35.2 Å². The number of aromatic nitrogens is 1. The van der Waals surface area contributed by atoms with Gasteiger partial charge in [-0.1, -0.05) is 30.7 Å². The molecular weight excluding hydrogens is 377 g/mol. The van der Waals surface area contributed by atoms with Gasteiger partial charge in [0.1, 0.15) is 6.10 Å². The first-order chi connectivity index (χ1) is 12.7. The van der Waals surface area contributed by atoms with E-state index in [1.165, 1.54) is 6.07 Å². The van der Waals surface area contributed by atoms with Gasteiger partial charge in [-0.25, -0.2) is 4.98 Å². The summed E-state index contributed by atoms with van der Waals surface area (Å²) in [6.45, 7) is 5.76. The number of hydrogen-bond acceptors (Lipinski definition) is 3. The summed E-state index contributed by atoms with van der Waals surface area (Å²) in [5.41, 5.74) is 0.170. The van der Waals surface area contributed by atoms with Crippen molar-refractivity contribution in [1.82, 2.24) is 10.3 Å². The molecule has 1 aliphatic heterocycles. The van der Waals surface area contributed by atoms with Crippen LogP contribution in [0.3, 0.4) is 0 Å². The summed E-state index contributed by atoms with van der Waals surface area (Å²) in [6.07, 6.45) is -2.95. The molecule has 146 valence electrons. The molecule has 3 nitrogen and oxygen atoms in total. The molecule has 7 heteroatoms. The molecule has 1 aromatic carbocycles. The number of nitrogens with one attached hydrogen (secondary N) is 1. The SMILES string of the molecule is C[C@H](Oc1ccc(C(F)(F)F)cn1)[C@@]1(C)CCNC[C@@H]1c1ccc(Cl)cc1. The molecule has 0 amide bonds. The zero-order valence-corrected chi connectivity index (χ0v) is 15.9. The third-order valence-corrected chi connectivity index (χ3v) is 5.80. The molecule has 1 aromatic heterocycles. The van der Waals surface area contributed by atoms with Crippen LogP contribution in [0.25, 0.3) is 0 Å². The van der Waals surface area contributed by atoms with Crippen molar-refractivity contribution in [3.63, 3.8) is 0 Å². The number of halogens is 4. The van der Waals surface area contributed by atoms with Gasteiger partial charge >= 0.3 is 6.18 Å². The second-order valence-corrected chi connectivity index (χ2v) is 7.64. The van der Waals surface area contributed by atoms with Crippen LogP contribution in [0.4, 0.5) is 13.2 Å². The lowest BCUT2D eigenvalue weighted by molar-refractivity contribution is -0.137. The van der Waals surface area contributed by atoms with E-state index < -0.39 is 11.7 Å². The lowest BCUT2D eigenvalue weighted by Gasteiger charge is -2.45. The molecular formula is C20H22ClF3N2O. The quantitative estimate of drug-likeness (QED) is 0.758. The Morgan fingerprint density at radius 3 is 2.52 bits per heavy atom. The van der Waals surface area contributed by atoms with Gasteiger partial charge in [-0.2, -0.15) is 13.2 Å². The van der Waals surface area contributed by atoms with Crippen LogP contribution in [0.5, 0.6) is 5.88 Å². The number of alkyl halides is 3. The van der Waals surface area contributed by atoms with Crippen molar-refractivity contribution in [3.05, 3.63) is 58.7 Å². The van der Waals surface area contributed by atoms with Crippen LogP contribution in [-0.2, 0) is 6.18 Å². The number of ether oxygens (including phenoxy) is 1. The van der Waals surface area contributed by atoms with E-state index in [2.05, 4.69) is 17.2 Å². The van der Waals surface area contributed by atoms with E-state index in [0.29, 0.717) is 5.02 Å². The minimum absolute atomic E-state index is 0.188. The number of nitrogens with zero attached hydrogens (tertiary/aromatic N) is 1. The Labute approximate surface area is 161 Å². The lowest BCUT2D eigenvalue weighted by atomic mass is 9.66. The summed E-state index contributed by atoms with van der Waals surface area (Å²) in [5, 5.41) is 4.10. The van der Waals surface area contributed by atoms with E-state index in [4.69, 9.17) is 16.3 Å². The molecule has 0 saturated carbocycles. The summed E-state index contributed by atoms with van der Waals surface area (Å²) < 4.78 is 44.1. The Morgan fingerprint density at radius 2 is 1.93 bits per heavy atom. The first-order valence-corrected chi connectivity index (χ1v) is 9.24. The van der Waals surface area contributed by atoms with Gasteiger partial charge in [0.2, 0.25) is 5.88 Å². The van der Waals surface area contributed by atoms with Crippen LogP contribution in [0, 0.1) is 5.41 Å². The number of pyridine rings is 1. The lowest BCUT2D eigenvalue weighted by Crippen LogP contribution is -2.49. The van der Waals surface area contributed by atoms with Crippen molar-refractivity contribution in [1.29, 1.82) is 0 Å². The third kappa shape index (κ3) is 4.38. The second-order valence-electron chi connectivity index (χ2n) is 7.21. The first kappa shape index (κ1) is 20.0. The van der Waals surface area contributed by atoms with Gasteiger partial charge < -0.3 is 10.1 Å². The summed E-state index contributed by atoms with van der Waals surface area (Å²) in [5.74, 6) is 0.387. The van der Waals surface area contributed by atoms with Gasteiger partial charge in [-0.05, 0) is 43.7 Å². The van der Waals surface area contributed by atoms with Crippen molar-refractivity contribution in [3.8, 4) is 5.88 Å². The molecule has 1 aliphatic rings. The molecule has 3 atom stereocenters. The van der Waals surface area contributed by atoms with Crippen molar-refractivity contribution in [2.24, 2.45) is 5.41 Å². The standard InChI is InChI=1S/C20H22ClF3N2O/c1-13(27-18-8-5-15(11-26-18)20(22,23)24)19(2)9-10-25-12-17(19)14-3-6-16(21)7-4-14/h3-8,11,13,17,25H,9-10,12H2,1-2H3/t13-,17+,19+/m0/s1. The average molecular weight is 399 g/mol. The molecule has 1 N–H and O–H groups in total. The highest BCUT2D eigenvalue weighted by Gasteiger charge is 2.43. The summed E-state index contributed by atoms with van der Waals surface area (Å²) in [6, 6.07) is 10.0. The van der Waals surface area contributed by atoms with Gasteiger partial charge in [-0.3, -0.25) is 0 Å². The maximum atomic E-state index is 12.7. The molecule has 2 heterocycles. The second kappa shape index (κ2) is 7.68. The summed E-state index contributed by atoms with van der Waals surface area (Å²) >= 11 is 6.01. The van der Waals surface area contributed by atoms with Crippen molar-refractivity contribution >= 4 is 11.6 Å². The van der Waals surface area contributed by atoms with E-state index >= 15 is 0 Å². The summed E-state index contributed by atoms with van der Waals surface area (Å²) in [7, 11) is 0. The number of rotatable bonds is 4. The van der Waals surface area contributed by atoms with Crippen LogP contribution < -0.4 is 10.1 Å². The third-order valence-electron chi connectivity index (χ3n) is 5.55. The average Bonchev–Trinajstić information content (AvgIpc) is 2.63. The van der Waals surface area contributed by atoms with E-state index in [1.54, 1.807) is 0 Å². The Kier molecular flexibility index (Phi) is 5.68. The Balaban J connectivity index is 1.80. The van der Waals surface area contributed by atoms with Gasteiger partial charge in [0.15, 0.2) is 0 Å². The molecule has 1 saturated heterocycles. The molecule has 1 fully saturated rings. The predicted octanol–water partition coefficient (Wildman–Crippen LogP) is 5.30. The van der Waals surface area contributed by atoms with Crippen LogP contribution in [0.1, 0.15) is 37.3 Å². The molecule has 27 heavy (non-hydrogen) atoms. The normalized spacial score (nSPS) is 24.4. The molecule has 0 bridgehead atoms. The topological polar surface area (TPSA) is 34.1 Å². The van der Waals surface area contributed by atoms with E-state index in [-0.39, 0.29) is 23.3 Å². The predicted molar refractivity (Wildman–Crippen MR) is 99.1 cm³/mol. The van der Waals surface area contributed by atoms with Crippen LogP contribution in [0.15, 0.2) is 42.6 Å². The Morgan fingerprint density at radius 1 is 1.22 bits per heavy atom. The fourth-order valence-corrected chi connectivity index (χ4v) is 3.75. The van der Waals surface area contributed by atoms with Crippen LogP contribution in [0.2, 0.25) is 5.02 Å². The molecule has 0 radical (unpaired) electrons. The maximum Gasteiger partial charge on any atom is 0.417 e. The molecule has 0 spiro atoms. The van der Waals surface area contributed by atoms with E-state index in [1.807, 2.05) is 31.2 Å². The van der Waals surface area contributed by atoms with Crippen molar-refractivity contribution in [2.45, 2.75) is 38.5 Å². The highest BCUT2D eigenvalue weighted by molar-refractivity contribution is 6.30. The fourth-order valence-electron chi connectivity index (χ4n) is 3.63. The first-order valence-electron chi connectivity index (χ1n) is 8.86. The Hall–Kier alpha value is -1.79. The zero-order valence-electron chi connectivity index (χ0n) is 15.2. The number of benzene rings is 1. The minimum atomic E-state index is -4.40. The van der Waals surface area contributed by atoms with Gasteiger partial charge in [0.25, 0.3) is 0 Å². The van der Waals surface area contributed by atoms with Crippen molar-refractivity contribution < 1.29 is 17.9 Å². The smallest absolute Gasteiger partial charge is 0.417 e. The fraction of sp³-hybridized carbons (Fsp3) is 0.450. The largest absolute Gasteiger partial charge is 0.474 e. The van der Waals surface area contributed by atoms with E-state index in [9.17, 15) is 13.2 Å². The molecule has 0 unspecified atom stereocenters. The molecule has 3 rings (SSSR count). The highest BCUT2D eigenvalue weighted by atomic mass is 35.5. The Bertz CT molecular complexity index is 764. The number of hydrogen-bond donors (Lipinski definition) is 1. The van der Waals surface area contributed by atoms with Crippen LogP contribution in [-0.4, -0.2) is 24.2 Å². The number of piperidine rings is 1. The maximum absolute atomic E-state index is 12.7. The van der Waals surface area contributed by atoms with Crippen molar-refractivity contribution in [2.75, 3.05) is 13.1 Å². The summed E-state index contributed by atoms with van der Waals surface area (Å²) in [4.78, 5) is 3.85. The zero-order chi connectivity index (χ0) is 19.7. The highest BCUT2D eigenvalue weighted by Crippen LogP contribution is 2.44. The minimum Gasteiger partial charge on any atom is -0.474 e. The monoisotopic (exact) mass is 398 g/mol. The van der Waals surface area contributed by atoms with Crippen LogP contribution >= 0.6 is 11.6 Å². The van der Waals surface area contributed by atoms with Gasteiger partial charge in [0.05, 0.1) is 5.56 Å². The van der Waals surface area contributed by atoms with Gasteiger partial charge in [-0.15, -0.1) is 0 Å². The molecule has 2 aromatic rings. The molecule has 0 aliphatic carbocycles.